The number of aromatic nitrogens is 2. The van der Waals surface area contributed by atoms with Gasteiger partial charge in [-0.25, -0.2) is 4.98 Å². The Labute approximate surface area is 190 Å². The third kappa shape index (κ3) is 3.87. The summed E-state index contributed by atoms with van der Waals surface area (Å²) in [6.45, 7) is 2.08. The van der Waals surface area contributed by atoms with E-state index >= 15 is 0 Å². The van der Waals surface area contributed by atoms with E-state index in [0.717, 1.165) is 34.7 Å². The van der Waals surface area contributed by atoms with Gasteiger partial charge in [0.1, 0.15) is 11.0 Å². The molecule has 0 aliphatic carbocycles. The summed E-state index contributed by atoms with van der Waals surface area (Å²) in [6, 6.07) is 18.4. The van der Waals surface area contributed by atoms with E-state index in [9.17, 15) is 4.79 Å². The lowest BCUT2D eigenvalue weighted by Gasteiger charge is -2.22. The zero-order valence-electron chi connectivity index (χ0n) is 17.5. The minimum absolute atomic E-state index is 0.0446. The van der Waals surface area contributed by atoms with Crippen LogP contribution in [0.3, 0.4) is 0 Å². The zero-order chi connectivity index (χ0) is 21.5. The van der Waals surface area contributed by atoms with E-state index in [-0.39, 0.29) is 5.56 Å². The molecule has 4 aromatic rings. The smallest absolute Gasteiger partial charge is 0.275 e. The molecule has 5 rings (SSSR count). The van der Waals surface area contributed by atoms with Gasteiger partial charge in [-0.3, -0.25) is 9.36 Å². The molecule has 0 radical (unpaired) electrons. The Balaban J connectivity index is 1.44. The van der Waals surface area contributed by atoms with Crippen molar-refractivity contribution in [1.29, 1.82) is 0 Å². The molecule has 0 N–H and O–H groups in total. The van der Waals surface area contributed by atoms with Crippen LogP contribution in [0.1, 0.15) is 6.42 Å². The van der Waals surface area contributed by atoms with Gasteiger partial charge in [-0.05, 0) is 68.5 Å². The summed E-state index contributed by atoms with van der Waals surface area (Å²) in [4.78, 5) is 23.4. The number of hydrogen-bond donors (Lipinski definition) is 0. The SMILES string of the molecule is CN(C)[C@@H]1CCN(c2ccc(-n3cnc4cc(-c5ccc(Cl)cc5)sc4c3=O)cc2)C1. The van der Waals surface area contributed by atoms with Gasteiger partial charge < -0.3 is 9.80 Å². The van der Waals surface area contributed by atoms with Gasteiger partial charge in [0.05, 0.1) is 11.2 Å². The molecule has 0 bridgehead atoms. The van der Waals surface area contributed by atoms with Crippen LogP contribution >= 0.6 is 22.9 Å². The highest BCUT2D eigenvalue weighted by molar-refractivity contribution is 7.22. The van der Waals surface area contributed by atoms with Crippen molar-refractivity contribution in [3.8, 4) is 16.1 Å². The molecule has 0 spiro atoms. The molecule has 1 aliphatic rings. The molecule has 31 heavy (non-hydrogen) atoms. The monoisotopic (exact) mass is 450 g/mol. The summed E-state index contributed by atoms with van der Waals surface area (Å²) in [5, 5.41) is 0.694. The summed E-state index contributed by atoms with van der Waals surface area (Å²) in [7, 11) is 4.27. The van der Waals surface area contributed by atoms with E-state index in [1.807, 2.05) is 42.5 Å². The number of nitrogens with zero attached hydrogens (tertiary/aromatic N) is 4. The van der Waals surface area contributed by atoms with Gasteiger partial charge in [0.15, 0.2) is 0 Å². The van der Waals surface area contributed by atoms with Crippen molar-refractivity contribution < 1.29 is 0 Å². The number of benzene rings is 2. The fourth-order valence-electron chi connectivity index (χ4n) is 4.07. The normalized spacial score (nSPS) is 16.5. The second-order valence-electron chi connectivity index (χ2n) is 8.12. The Hall–Kier alpha value is -2.67. The molecule has 0 saturated carbocycles. The number of halogens is 1. The summed E-state index contributed by atoms with van der Waals surface area (Å²) < 4.78 is 2.28. The predicted octanol–water partition coefficient (Wildman–Crippen LogP) is 4.91. The number of thiophene rings is 1. The Kier molecular flexibility index (Phi) is 5.30. The van der Waals surface area contributed by atoms with Gasteiger partial charge in [0, 0.05) is 34.7 Å². The van der Waals surface area contributed by atoms with Gasteiger partial charge in [-0.2, -0.15) is 0 Å². The summed E-state index contributed by atoms with van der Waals surface area (Å²) in [5.41, 5.74) is 3.73. The average Bonchev–Trinajstić information content (AvgIpc) is 3.43. The molecule has 0 unspecified atom stereocenters. The van der Waals surface area contributed by atoms with E-state index in [0.29, 0.717) is 15.8 Å². The van der Waals surface area contributed by atoms with Crippen LogP contribution in [0.2, 0.25) is 5.02 Å². The average molecular weight is 451 g/mol. The molecule has 2 aromatic carbocycles. The molecule has 1 saturated heterocycles. The molecule has 2 aromatic heterocycles. The highest BCUT2D eigenvalue weighted by Crippen LogP contribution is 2.31. The van der Waals surface area contributed by atoms with Crippen LogP contribution in [0.25, 0.3) is 26.3 Å². The maximum atomic E-state index is 13.2. The van der Waals surface area contributed by atoms with Crippen LogP contribution in [0.4, 0.5) is 5.69 Å². The van der Waals surface area contributed by atoms with Crippen molar-refractivity contribution >= 4 is 38.8 Å². The Bertz CT molecular complexity index is 1280. The van der Waals surface area contributed by atoms with Crippen LogP contribution in [0.5, 0.6) is 0 Å². The van der Waals surface area contributed by atoms with Gasteiger partial charge in [-0.1, -0.05) is 23.7 Å². The molecular weight excluding hydrogens is 428 g/mol. The molecule has 3 heterocycles. The first-order chi connectivity index (χ1) is 15.0. The first-order valence-corrected chi connectivity index (χ1v) is 11.5. The second-order valence-corrected chi connectivity index (χ2v) is 9.61. The molecule has 5 nitrogen and oxygen atoms in total. The van der Waals surface area contributed by atoms with E-state index in [2.05, 4.69) is 41.0 Å². The van der Waals surface area contributed by atoms with E-state index < -0.39 is 0 Å². The molecule has 0 amide bonds. The third-order valence-corrected chi connectivity index (χ3v) is 7.37. The lowest BCUT2D eigenvalue weighted by Crippen LogP contribution is -2.31. The summed E-state index contributed by atoms with van der Waals surface area (Å²) in [6.07, 6.45) is 2.79. The first kappa shape index (κ1) is 20.2. The Morgan fingerprint density at radius 3 is 2.45 bits per heavy atom. The van der Waals surface area contributed by atoms with E-state index in [4.69, 9.17) is 11.6 Å². The van der Waals surface area contributed by atoms with Crippen molar-refractivity contribution in [1.82, 2.24) is 14.5 Å². The first-order valence-electron chi connectivity index (χ1n) is 10.3. The highest BCUT2D eigenvalue weighted by atomic mass is 35.5. The van der Waals surface area contributed by atoms with Crippen LogP contribution in [0, 0.1) is 0 Å². The number of hydrogen-bond acceptors (Lipinski definition) is 5. The number of rotatable bonds is 4. The fraction of sp³-hybridized carbons (Fsp3) is 0.250. The lowest BCUT2D eigenvalue weighted by atomic mass is 10.2. The zero-order valence-corrected chi connectivity index (χ0v) is 19.0. The van der Waals surface area contributed by atoms with Gasteiger partial charge in [-0.15, -0.1) is 11.3 Å². The van der Waals surface area contributed by atoms with Crippen molar-refractivity contribution in [2.24, 2.45) is 0 Å². The highest BCUT2D eigenvalue weighted by Gasteiger charge is 2.24. The van der Waals surface area contributed by atoms with Gasteiger partial charge in [0.25, 0.3) is 5.56 Å². The molecule has 158 valence electrons. The van der Waals surface area contributed by atoms with Crippen molar-refractivity contribution in [2.75, 3.05) is 32.1 Å². The van der Waals surface area contributed by atoms with Crippen molar-refractivity contribution in [3.63, 3.8) is 0 Å². The maximum Gasteiger partial charge on any atom is 0.275 e. The van der Waals surface area contributed by atoms with Gasteiger partial charge in [0.2, 0.25) is 0 Å². The van der Waals surface area contributed by atoms with E-state index in [1.54, 1.807) is 10.9 Å². The van der Waals surface area contributed by atoms with Crippen LogP contribution in [0.15, 0.2) is 65.7 Å². The fourth-order valence-corrected chi connectivity index (χ4v) is 5.25. The largest absolute Gasteiger partial charge is 0.370 e. The van der Waals surface area contributed by atoms with E-state index in [1.165, 1.54) is 23.4 Å². The lowest BCUT2D eigenvalue weighted by molar-refractivity contribution is 0.315. The molecule has 1 atom stereocenters. The topological polar surface area (TPSA) is 41.4 Å². The van der Waals surface area contributed by atoms with Crippen LogP contribution < -0.4 is 10.5 Å². The predicted molar refractivity (Wildman–Crippen MR) is 130 cm³/mol. The number of anilines is 1. The van der Waals surface area contributed by atoms with Crippen molar-refractivity contribution in [3.05, 3.63) is 76.3 Å². The molecule has 1 aliphatic heterocycles. The van der Waals surface area contributed by atoms with Crippen LogP contribution in [-0.4, -0.2) is 47.7 Å². The number of likely N-dealkylation sites (N-methyl/N-ethyl adjacent to an activating group) is 1. The molecule has 1 fully saturated rings. The summed E-state index contributed by atoms with van der Waals surface area (Å²) in [5.74, 6) is 0. The Morgan fingerprint density at radius 2 is 1.77 bits per heavy atom. The number of fused-ring (bicyclic) bond motifs is 1. The molecule has 7 heteroatoms. The van der Waals surface area contributed by atoms with Gasteiger partial charge >= 0.3 is 0 Å². The molecular formula is C24H23ClN4OS. The third-order valence-electron chi connectivity index (χ3n) is 5.95. The Morgan fingerprint density at radius 1 is 1.06 bits per heavy atom. The second kappa shape index (κ2) is 8.11. The standard InChI is InChI=1S/C24H23ClN4OS/c1-27(2)20-11-12-28(14-20)18-7-9-19(10-8-18)29-15-26-21-13-22(31-23(21)24(29)30)16-3-5-17(25)6-4-16/h3-10,13,15,20H,11-12,14H2,1-2H3/t20-/m1/s1. The maximum absolute atomic E-state index is 13.2. The minimum Gasteiger partial charge on any atom is -0.370 e. The van der Waals surface area contributed by atoms with Crippen molar-refractivity contribution in [2.45, 2.75) is 12.5 Å². The quantitative estimate of drug-likeness (QED) is 0.443. The summed E-state index contributed by atoms with van der Waals surface area (Å²) >= 11 is 7.46. The van der Waals surface area contributed by atoms with Crippen LogP contribution in [-0.2, 0) is 0 Å². The minimum atomic E-state index is -0.0446.